The summed E-state index contributed by atoms with van der Waals surface area (Å²) in [6.45, 7) is 0. The van der Waals surface area contributed by atoms with Gasteiger partial charge in [-0.1, -0.05) is 15.9 Å². The quantitative estimate of drug-likeness (QED) is 0.876. The largest absolute Gasteiger partial charge is 0.268 e. The predicted molar refractivity (Wildman–Crippen MR) is 62.7 cm³/mol. The molecule has 17 heavy (non-hydrogen) atoms. The van der Waals surface area contributed by atoms with Crippen LogP contribution in [0.25, 0.3) is 11.3 Å². The number of rotatable bonds is 1. The number of hydrogen-bond donors (Lipinski definition) is 1. The number of aromatic amines is 1. The van der Waals surface area contributed by atoms with E-state index in [1.165, 1.54) is 18.2 Å². The van der Waals surface area contributed by atoms with E-state index < -0.39 is 11.4 Å². The zero-order chi connectivity index (χ0) is 12.4. The number of benzene rings is 1. The van der Waals surface area contributed by atoms with E-state index >= 15 is 0 Å². The molecular formula is C11H5BrFN3O. The van der Waals surface area contributed by atoms with Gasteiger partial charge in [-0.2, -0.15) is 10.4 Å². The SMILES string of the molecule is N#Cc1cc(=O)[nH]nc1-c1cc(Br)ccc1F. The second-order valence-electron chi connectivity index (χ2n) is 3.23. The van der Waals surface area contributed by atoms with Crippen LogP contribution in [-0.2, 0) is 0 Å². The molecule has 1 N–H and O–H groups in total. The Hall–Kier alpha value is -2.00. The minimum Gasteiger partial charge on any atom is -0.268 e. The van der Waals surface area contributed by atoms with E-state index in [-0.39, 0.29) is 16.8 Å². The van der Waals surface area contributed by atoms with Crippen LogP contribution in [-0.4, -0.2) is 10.2 Å². The number of H-pyrrole nitrogens is 1. The van der Waals surface area contributed by atoms with Gasteiger partial charge in [0.25, 0.3) is 5.56 Å². The summed E-state index contributed by atoms with van der Waals surface area (Å²) in [6, 6.07) is 7.20. The van der Waals surface area contributed by atoms with Crippen LogP contribution in [0.3, 0.4) is 0 Å². The van der Waals surface area contributed by atoms with Crippen molar-refractivity contribution in [1.82, 2.24) is 10.2 Å². The summed E-state index contributed by atoms with van der Waals surface area (Å²) in [4.78, 5) is 11.0. The minimum atomic E-state index is -0.510. The maximum Gasteiger partial charge on any atom is 0.265 e. The fourth-order valence-corrected chi connectivity index (χ4v) is 1.73. The van der Waals surface area contributed by atoms with Crippen LogP contribution in [0.5, 0.6) is 0 Å². The van der Waals surface area contributed by atoms with E-state index in [2.05, 4.69) is 26.1 Å². The van der Waals surface area contributed by atoms with Gasteiger partial charge in [0.1, 0.15) is 17.6 Å². The fourth-order valence-electron chi connectivity index (χ4n) is 1.37. The van der Waals surface area contributed by atoms with Crippen LogP contribution >= 0.6 is 15.9 Å². The highest BCUT2D eigenvalue weighted by Gasteiger charge is 2.12. The number of aromatic nitrogens is 2. The molecule has 0 bridgehead atoms. The van der Waals surface area contributed by atoms with Gasteiger partial charge in [-0.05, 0) is 18.2 Å². The number of halogens is 2. The zero-order valence-electron chi connectivity index (χ0n) is 8.37. The minimum absolute atomic E-state index is 0.0331. The number of nitrogens with zero attached hydrogens (tertiary/aromatic N) is 2. The Labute approximate surface area is 104 Å². The summed E-state index contributed by atoms with van der Waals surface area (Å²) >= 11 is 3.21. The van der Waals surface area contributed by atoms with Gasteiger partial charge in [-0.25, -0.2) is 9.49 Å². The van der Waals surface area contributed by atoms with Gasteiger partial charge >= 0.3 is 0 Å². The Balaban J connectivity index is 2.73. The predicted octanol–water partition coefficient (Wildman–Crippen LogP) is 2.21. The molecule has 0 unspecified atom stereocenters. The lowest BCUT2D eigenvalue weighted by Gasteiger charge is -2.04. The van der Waals surface area contributed by atoms with Crippen molar-refractivity contribution < 1.29 is 4.39 Å². The molecular weight excluding hydrogens is 289 g/mol. The summed E-state index contributed by atoms with van der Waals surface area (Å²) in [7, 11) is 0. The molecule has 1 aromatic carbocycles. The zero-order valence-corrected chi connectivity index (χ0v) is 9.95. The molecule has 0 radical (unpaired) electrons. The lowest BCUT2D eigenvalue weighted by molar-refractivity contribution is 0.630. The van der Waals surface area contributed by atoms with E-state index in [1.54, 1.807) is 0 Å². The first-order valence-corrected chi connectivity index (χ1v) is 5.36. The first-order valence-electron chi connectivity index (χ1n) is 4.57. The van der Waals surface area contributed by atoms with Crippen LogP contribution in [0.1, 0.15) is 5.56 Å². The second kappa shape index (κ2) is 4.47. The van der Waals surface area contributed by atoms with Gasteiger partial charge < -0.3 is 0 Å². The smallest absolute Gasteiger partial charge is 0.265 e. The molecule has 0 amide bonds. The van der Waals surface area contributed by atoms with Crippen LogP contribution in [0, 0.1) is 17.1 Å². The molecule has 0 fully saturated rings. The molecule has 0 aliphatic rings. The van der Waals surface area contributed by atoms with Crippen molar-refractivity contribution in [2.45, 2.75) is 0 Å². The van der Waals surface area contributed by atoms with Crippen LogP contribution in [0.15, 0.2) is 33.5 Å². The van der Waals surface area contributed by atoms with Crippen molar-refractivity contribution in [2.24, 2.45) is 0 Å². The molecule has 1 aromatic heterocycles. The first kappa shape index (κ1) is 11.5. The molecule has 84 valence electrons. The molecule has 0 saturated heterocycles. The van der Waals surface area contributed by atoms with Crippen molar-refractivity contribution in [3.8, 4) is 17.3 Å². The van der Waals surface area contributed by atoms with Crippen LogP contribution in [0.4, 0.5) is 4.39 Å². The van der Waals surface area contributed by atoms with E-state index in [0.29, 0.717) is 4.47 Å². The highest BCUT2D eigenvalue weighted by Crippen LogP contribution is 2.25. The third-order valence-corrected chi connectivity index (χ3v) is 2.61. The van der Waals surface area contributed by atoms with Crippen LogP contribution in [0.2, 0.25) is 0 Å². The molecule has 0 aliphatic carbocycles. The normalized spacial score (nSPS) is 9.94. The van der Waals surface area contributed by atoms with Crippen molar-refractivity contribution in [2.75, 3.05) is 0 Å². The van der Waals surface area contributed by atoms with Gasteiger partial charge in [0.15, 0.2) is 0 Å². The number of nitriles is 1. The average Bonchev–Trinajstić information content (AvgIpc) is 2.32. The Morgan fingerprint density at radius 3 is 2.88 bits per heavy atom. The monoisotopic (exact) mass is 293 g/mol. The summed E-state index contributed by atoms with van der Waals surface area (Å²) in [6.07, 6.45) is 0. The Morgan fingerprint density at radius 1 is 1.41 bits per heavy atom. The van der Waals surface area contributed by atoms with Crippen molar-refractivity contribution in [1.29, 1.82) is 5.26 Å². The van der Waals surface area contributed by atoms with E-state index in [1.807, 2.05) is 6.07 Å². The maximum atomic E-state index is 13.6. The topological polar surface area (TPSA) is 69.5 Å². The third kappa shape index (κ3) is 2.24. The molecule has 0 spiro atoms. The lowest BCUT2D eigenvalue weighted by atomic mass is 10.1. The highest BCUT2D eigenvalue weighted by molar-refractivity contribution is 9.10. The lowest BCUT2D eigenvalue weighted by Crippen LogP contribution is -2.09. The Kier molecular flexibility index (Phi) is 3.02. The van der Waals surface area contributed by atoms with Crippen LogP contribution < -0.4 is 5.56 Å². The second-order valence-corrected chi connectivity index (χ2v) is 4.15. The summed E-state index contributed by atoms with van der Waals surface area (Å²) in [5, 5.41) is 14.8. The molecule has 1 heterocycles. The third-order valence-electron chi connectivity index (χ3n) is 2.11. The van der Waals surface area contributed by atoms with Gasteiger partial charge in [0.2, 0.25) is 0 Å². The van der Waals surface area contributed by atoms with Crippen molar-refractivity contribution >= 4 is 15.9 Å². The Morgan fingerprint density at radius 2 is 2.18 bits per heavy atom. The maximum absolute atomic E-state index is 13.6. The number of hydrogen-bond acceptors (Lipinski definition) is 3. The van der Waals surface area contributed by atoms with E-state index in [0.717, 1.165) is 6.07 Å². The van der Waals surface area contributed by atoms with E-state index in [9.17, 15) is 9.18 Å². The van der Waals surface area contributed by atoms with Gasteiger partial charge in [0, 0.05) is 16.1 Å². The highest BCUT2D eigenvalue weighted by atomic mass is 79.9. The molecule has 2 aromatic rings. The molecule has 6 heteroatoms. The standard InChI is InChI=1S/C11H5BrFN3O/c12-7-1-2-9(13)8(4-7)11-6(5-14)3-10(17)15-16-11/h1-4H,(H,15,17). The average molecular weight is 294 g/mol. The summed E-state index contributed by atoms with van der Waals surface area (Å²) in [5.41, 5.74) is -0.190. The summed E-state index contributed by atoms with van der Waals surface area (Å²) < 4.78 is 14.3. The molecule has 0 saturated carbocycles. The number of nitrogens with one attached hydrogen (secondary N) is 1. The van der Waals surface area contributed by atoms with Gasteiger partial charge in [-0.15, -0.1) is 0 Å². The van der Waals surface area contributed by atoms with Gasteiger partial charge in [0.05, 0.1) is 5.56 Å². The first-order chi connectivity index (χ1) is 8.11. The molecule has 0 atom stereocenters. The molecule has 4 nitrogen and oxygen atoms in total. The molecule has 2 rings (SSSR count). The fraction of sp³-hybridized carbons (Fsp3) is 0. The van der Waals surface area contributed by atoms with Crippen molar-refractivity contribution in [3.05, 3.63) is 50.5 Å². The summed E-state index contributed by atoms with van der Waals surface area (Å²) in [5.74, 6) is -0.510. The van der Waals surface area contributed by atoms with Crippen molar-refractivity contribution in [3.63, 3.8) is 0 Å². The van der Waals surface area contributed by atoms with E-state index in [4.69, 9.17) is 5.26 Å². The Bertz CT molecular complexity index is 675. The molecule has 0 aliphatic heterocycles. The van der Waals surface area contributed by atoms with Gasteiger partial charge in [-0.3, -0.25) is 4.79 Å².